The fourth-order valence-electron chi connectivity index (χ4n) is 2.96. The molecule has 2 rings (SSSR count). The van der Waals surface area contributed by atoms with E-state index in [1.165, 1.54) is 12.5 Å². The molecular weight excluding hydrogens is 267 g/mol. The highest BCUT2D eigenvalue weighted by molar-refractivity contribution is 5.77. The number of carbonyl (C=O) groups excluding carboxylic acids is 1. The Labute approximate surface area is 126 Å². The quantitative estimate of drug-likeness (QED) is 0.924. The molecule has 0 radical (unpaired) electrons. The minimum absolute atomic E-state index is 0.0667. The molecule has 3 atom stereocenters. The van der Waals surface area contributed by atoms with Gasteiger partial charge in [-0.15, -0.1) is 0 Å². The molecule has 0 saturated carbocycles. The van der Waals surface area contributed by atoms with Crippen LogP contribution in [0, 0.1) is 11.7 Å². The molecule has 1 saturated heterocycles. The van der Waals surface area contributed by atoms with Gasteiger partial charge in [-0.25, -0.2) is 4.39 Å². The average molecular weight is 292 g/mol. The zero-order valence-corrected chi connectivity index (χ0v) is 13.1. The van der Waals surface area contributed by atoms with Crippen molar-refractivity contribution in [3.05, 3.63) is 35.6 Å². The highest BCUT2D eigenvalue weighted by Crippen LogP contribution is 2.24. The first-order valence-corrected chi connectivity index (χ1v) is 7.74. The Morgan fingerprint density at radius 2 is 2.19 bits per heavy atom. The first kappa shape index (κ1) is 16.0. The van der Waals surface area contributed by atoms with Crippen molar-refractivity contribution in [2.24, 2.45) is 5.92 Å². The smallest absolute Gasteiger partial charge is 0.224 e. The van der Waals surface area contributed by atoms with Crippen LogP contribution in [0.1, 0.15) is 44.7 Å². The highest BCUT2D eigenvalue weighted by Gasteiger charge is 2.27. The number of piperidine rings is 1. The minimum atomic E-state index is -0.256. The lowest BCUT2D eigenvalue weighted by atomic mass is 9.90. The fraction of sp³-hybridized carbons (Fsp3) is 0.588. The van der Waals surface area contributed by atoms with Gasteiger partial charge in [-0.2, -0.15) is 0 Å². The summed E-state index contributed by atoms with van der Waals surface area (Å²) in [6.07, 6.45) is 2.82. The van der Waals surface area contributed by atoms with Crippen LogP contribution in [0.2, 0.25) is 0 Å². The zero-order chi connectivity index (χ0) is 15.4. The third-order valence-electron chi connectivity index (χ3n) is 4.65. The van der Waals surface area contributed by atoms with Crippen LogP contribution in [0.25, 0.3) is 0 Å². The molecule has 3 nitrogen and oxygen atoms in total. The molecule has 1 heterocycles. The topological polar surface area (TPSA) is 32.3 Å². The van der Waals surface area contributed by atoms with Gasteiger partial charge in [0.15, 0.2) is 0 Å². The Kier molecular flexibility index (Phi) is 5.34. The summed E-state index contributed by atoms with van der Waals surface area (Å²) in [5.74, 6) is 0.325. The predicted molar refractivity (Wildman–Crippen MR) is 82.4 cm³/mol. The summed E-state index contributed by atoms with van der Waals surface area (Å²) in [6.45, 7) is 5.04. The van der Waals surface area contributed by atoms with E-state index in [4.69, 9.17) is 0 Å². The van der Waals surface area contributed by atoms with Crippen LogP contribution in [0.3, 0.4) is 0 Å². The van der Waals surface area contributed by atoms with Gasteiger partial charge in [0.05, 0.1) is 6.04 Å². The molecule has 0 bridgehead atoms. The van der Waals surface area contributed by atoms with Gasteiger partial charge in [-0.3, -0.25) is 4.79 Å². The highest BCUT2D eigenvalue weighted by atomic mass is 19.1. The molecule has 1 aliphatic rings. The van der Waals surface area contributed by atoms with E-state index in [1.807, 2.05) is 6.92 Å². The Hall–Kier alpha value is -1.42. The number of benzene rings is 1. The Morgan fingerprint density at radius 3 is 2.86 bits per heavy atom. The van der Waals surface area contributed by atoms with E-state index >= 15 is 0 Å². The van der Waals surface area contributed by atoms with Gasteiger partial charge >= 0.3 is 0 Å². The number of rotatable bonds is 4. The van der Waals surface area contributed by atoms with Gasteiger partial charge in [0, 0.05) is 25.1 Å². The summed E-state index contributed by atoms with van der Waals surface area (Å²) < 4.78 is 13.8. The van der Waals surface area contributed by atoms with Crippen LogP contribution >= 0.6 is 0 Å². The Balaban J connectivity index is 2.00. The van der Waals surface area contributed by atoms with Crippen molar-refractivity contribution < 1.29 is 9.18 Å². The third kappa shape index (κ3) is 3.82. The number of halogens is 1. The summed E-state index contributed by atoms with van der Waals surface area (Å²) in [5.41, 5.74) is 0.568. The largest absolute Gasteiger partial charge is 0.339 e. The van der Waals surface area contributed by atoms with E-state index in [2.05, 4.69) is 12.2 Å². The maximum atomic E-state index is 13.8. The van der Waals surface area contributed by atoms with Crippen LogP contribution in [0.15, 0.2) is 24.3 Å². The second-order valence-corrected chi connectivity index (χ2v) is 6.09. The average Bonchev–Trinajstić information content (AvgIpc) is 2.48. The van der Waals surface area contributed by atoms with Crippen molar-refractivity contribution in [3.8, 4) is 0 Å². The van der Waals surface area contributed by atoms with Crippen LogP contribution in [-0.2, 0) is 4.79 Å². The lowest BCUT2D eigenvalue weighted by Gasteiger charge is -2.32. The van der Waals surface area contributed by atoms with Crippen molar-refractivity contribution >= 4 is 5.91 Å². The number of nitrogens with one attached hydrogen (secondary N) is 1. The molecule has 116 valence electrons. The SMILES string of the molecule is CC1CCCNC1CC(=O)N(C)C(C)c1ccccc1F. The molecule has 4 heteroatoms. The molecule has 1 amide bonds. The van der Waals surface area contributed by atoms with Crippen molar-refractivity contribution in [1.82, 2.24) is 10.2 Å². The zero-order valence-electron chi connectivity index (χ0n) is 13.1. The van der Waals surface area contributed by atoms with Gasteiger partial charge in [-0.05, 0) is 38.3 Å². The van der Waals surface area contributed by atoms with Crippen molar-refractivity contribution in [1.29, 1.82) is 0 Å². The van der Waals surface area contributed by atoms with Crippen LogP contribution in [0.4, 0.5) is 4.39 Å². The van der Waals surface area contributed by atoms with Gasteiger partial charge in [0.1, 0.15) is 5.82 Å². The summed E-state index contributed by atoms with van der Waals surface area (Å²) in [6, 6.07) is 6.64. The van der Waals surface area contributed by atoms with Gasteiger partial charge in [0.25, 0.3) is 0 Å². The number of nitrogens with zero attached hydrogens (tertiary/aromatic N) is 1. The fourth-order valence-corrected chi connectivity index (χ4v) is 2.96. The minimum Gasteiger partial charge on any atom is -0.339 e. The van der Waals surface area contributed by atoms with Crippen molar-refractivity contribution in [3.63, 3.8) is 0 Å². The van der Waals surface area contributed by atoms with Gasteiger partial charge in [-0.1, -0.05) is 25.1 Å². The molecule has 0 spiro atoms. The monoisotopic (exact) mass is 292 g/mol. The van der Waals surface area contributed by atoms with Gasteiger partial charge in [0.2, 0.25) is 5.91 Å². The molecule has 1 fully saturated rings. The van der Waals surface area contributed by atoms with E-state index in [-0.39, 0.29) is 23.8 Å². The third-order valence-corrected chi connectivity index (χ3v) is 4.65. The summed E-state index contributed by atoms with van der Waals surface area (Å²) in [4.78, 5) is 14.1. The molecule has 3 unspecified atom stereocenters. The molecule has 0 aromatic heterocycles. The van der Waals surface area contributed by atoms with E-state index in [0.717, 1.165) is 13.0 Å². The predicted octanol–water partition coefficient (Wildman–Crippen LogP) is 3.12. The lowest BCUT2D eigenvalue weighted by molar-refractivity contribution is -0.132. The molecule has 1 N–H and O–H groups in total. The number of amides is 1. The maximum Gasteiger partial charge on any atom is 0.224 e. The Bertz CT molecular complexity index is 491. The van der Waals surface area contributed by atoms with Crippen LogP contribution in [0.5, 0.6) is 0 Å². The summed E-state index contributed by atoms with van der Waals surface area (Å²) >= 11 is 0. The summed E-state index contributed by atoms with van der Waals surface area (Å²) in [5, 5.41) is 3.42. The number of hydrogen-bond donors (Lipinski definition) is 1. The lowest BCUT2D eigenvalue weighted by Crippen LogP contribution is -2.44. The molecule has 1 aromatic rings. The van der Waals surface area contributed by atoms with E-state index in [1.54, 1.807) is 30.1 Å². The maximum absolute atomic E-state index is 13.8. The molecular formula is C17H25FN2O. The standard InChI is InChI=1S/C17H25FN2O/c1-12-7-6-10-19-16(12)11-17(21)20(3)13(2)14-8-4-5-9-15(14)18/h4-5,8-9,12-13,16,19H,6-7,10-11H2,1-3H3. The first-order chi connectivity index (χ1) is 10.0. The first-order valence-electron chi connectivity index (χ1n) is 7.74. The molecule has 1 aromatic carbocycles. The summed E-state index contributed by atoms with van der Waals surface area (Å²) in [7, 11) is 1.76. The van der Waals surface area contributed by atoms with Crippen molar-refractivity contribution in [2.75, 3.05) is 13.6 Å². The van der Waals surface area contributed by atoms with Crippen molar-refractivity contribution in [2.45, 2.75) is 45.2 Å². The number of hydrogen-bond acceptors (Lipinski definition) is 2. The normalized spacial score (nSPS) is 23.6. The molecule has 21 heavy (non-hydrogen) atoms. The second kappa shape index (κ2) is 7.03. The van der Waals surface area contributed by atoms with Crippen LogP contribution in [-0.4, -0.2) is 30.4 Å². The van der Waals surface area contributed by atoms with E-state index < -0.39 is 0 Å². The van der Waals surface area contributed by atoms with Crippen LogP contribution < -0.4 is 5.32 Å². The number of carbonyl (C=O) groups is 1. The van der Waals surface area contributed by atoms with Gasteiger partial charge < -0.3 is 10.2 Å². The Morgan fingerprint density at radius 1 is 1.48 bits per heavy atom. The molecule has 1 aliphatic heterocycles. The van der Waals surface area contributed by atoms with E-state index in [0.29, 0.717) is 17.9 Å². The van der Waals surface area contributed by atoms with E-state index in [9.17, 15) is 9.18 Å². The molecule has 0 aliphatic carbocycles. The second-order valence-electron chi connectivity index (χ2n) is 6.09.